The van der Waals surface area contributed by atoms with Crippen molar-refractivity contribution in [3.05, 3.63) is 72.3 Å². The van der Waals surface area contributed by atoms with E-state index in [0.717, 1.165) is 12.8 Å². The first-order valence-corrected chi connectivity index (χ1v) is 11.8. The minimum Gasteiger partial charge on any atom is -0.348 e. The van der Waals surface area contributed by atoms with Gasteiger partial charge in [0.2, 0.25) is 11.8 Å². The smallest absolute Gasteiger partial charge is 0.228 e. The second-order valence-corrected chi connectivity index (χ2v) is 9.57. The number of rotatable bonds is 6. The van der Waals surface area contributed by atoms with Crippen molar-refractivity contribution in [2.24, 2.45) is 11.3 Å². The Balaban J connectivity index is 1.49. The van der Waals surface area contributed by atoms with Gasteiger partial charge in [-0.3, -0.25) is 9.59 Å². The topological polar surface area (TPSA) is 40.6 Å². The number of amides is 2. The first-order chi connectivity index (χ1) is 15.5. The van der Waals surface area contributed by atoms with Gasteiger partial charge in [0.05, 0.1) is 5.41 Å². The molecular formula is C28H34N2O2. The molecule has 0 unspecified atom stereocenters. The van der Waals surface area contributed by atoms with Crippen molar-refractivity contribution in [3.8, 4) is 11.1 Å². The fourth-order valence-electron chi connectivity index (χ4n) is 5.23. The average Bonchev–Trinajstić information content (AvgIpc) is 3.32. The van der Waals surface area contributed by atoms with Crippen molar-refractivity contribution in [2.45, 2.75) is 38.5 Å². The summed E-state index contributed by atoms with van der Waals surface area (Å²) in [6.07, 6.45) is 9.26. The van der Waals surface area contributed by atoms with E-state index in [-0.39, 0.29) is 11.8 Å². The van der Waals surface area contributed by atoms with E-state index < -0.39 is 5.41 Å². The van der Waals surface area contributed by atoms with Gasteiger partial charge in [-0.1, -0.05) is 66.7 Å². The van der Waals surface area contributed by atoms with Crippen LogP contribution in [0.2, 0.25) is 0 Å². The van der Waals surface area contributed by atoms with E-state index >= 15 is 0 Å². The monoisotopic (exact) mass is 430 g/mol. The zero-order chi connectivity index (χ0) is 22.6. The van der Waals surface area contributed by atoms with Gasteiger partial charge in [0.1, 0.15) is 0 Å². The Morgan fingerprint density at radius 3 is 2.38 bits per heavy atom. The van der Waals surface area contributed by atoms with Crippen molar-refractivity contribution in [3.63, 3.8) is 0 Å². The normalized spacial score (nSPS) is 19.7. The molecule has 1 fully saturated rings. The lowest BCUT2D eigenvalue weighted by Crippen LogP contribution is -2.51. The quantitative estimate of drug-likeness (QED) is 0.609. The molecule has 0 radical (unpaired) electrons. The molecule has 0 N–H and O–H groups in total. The molecule has 2 amide bonds. The van der Waals surface area contributed by atoms with Crippen LogP contribution >= 0.6 is 0 Å². The standard InChI is InChI=1S/C28H34N2O2/c1-29(2)27(32)28(15-17-30(18-16-28)26(31)20-22-9-6-7-10-22)21-23-11-8-14-25(19-23)24-12-4-3-5-13-24/h3-6,8-9,11-14,19,22H,7,10,15-18,20-21H2,1-2H3/t22-/m0/s1. The maximum atomic E-state index is 13.3. The van der Waals surface area contributed by atoms with E-state index in [4.69, 9.17) is 0 Å². The molecule has 0 bridgehead atoms. The summed E-state index contributed by atoms with van der Waals surface area (Å²) in [5.41, 5.74) is 3.08. The van der Waals surface area contributed by atoms with Crippen LogP contribution in [0.15, 0.2) is 66.7 Å². The lowest BCUT2D eigenvalue weighted by Gasteiger charge is -2.42. The third kappa shape index (κ3) is 4.95. The number of carbonyl (C=O) groups excluding carboxylic acids is 2. The molecule has 1 aliphatic carbocycles. The van der Waals surface area contributed by atoms with Crippen LogP contribution in [0.5, 0.6) is 0 Å². The molecule has 1 heterocycles. The second kappa shape index (κ2) is 9.72. The van der Waals surface area contributed by atoms with E-state index in [1.807, 2.05) is 37.2 Å². The molecule has 4 nitrogen and oxygen atoms in total. The van der Waals surface area contributed by atoms with Crippen LogP contribution in [0.4, 0.5) is 0 Å². The highest BCUT2D eigenvalue weighted by Gasteiger charge is 2.43. The van der Waals surface area contributed by atoms with Crippen LogP contribution in [0.1, 0.15) is 37.7 Å². The van der Waals surface area contributed by atoms with Crippen LogP contribution in [0, 0.1) is 11.3 Å². The molecule has 2 aliphatic rings. The predicted molar refractivity (Wildman–Crippen MR) is 129 cm³/mol. The number of allylic oxidation sites excluding steroid dienone is 2. The van der Waals surface area contributed by atoms with Crippen molar-refractivity contribution in [1.29, 1.82) is 0 Å². The fourth-order valence-corrected chi connectivity index (χ4v) is 5.23. The number of nitrogens with zero attached hydrogens (tertiary/aromatic N) is 2. The molecule has 2 aromatic rings. The van der Waals surface area contributed by atoms with Crippen molar-refractivity contribution in [2.75, 3.05) is 27.2 Å². The summed E-state index contributed by atoms with van der Waals surface area (Å²) in [5.74, 6) is 0.797. The Morgan fingerprint density at radius 2 is 1.72 bits per heavy atom. The van der Waals surface area contributed by atoms with Gasteiger partial charge in [-0.05, 0) is 54.7 Å². The van der Waals surface area contributed by atoms with Gasteiger partial charge in [-0.2, -0.15) is 0 Å². The Bertz CT molecular complexity index is 972. The summed E-state index contributed by atoms with van der Waals surface area (Å²) >= 11 is 0. The Labute approximate surface area is 191 Å². The average molecular weight is 431 g/mol. The first-order valence-electron chi connectivity index (χ1n) is 11.8. The van der Waals surface area contributed by atoms with Crippen LogP contribution in [0.3, 0.4) is 0 Å². The number of piperidine rings is 1. The fraction of sp³-hybridized carbons (Fsp3) is 0.429. The molecule has 1 aliphatic heterocycles. The summed E-state index contributed by atoms with van der Waals surface area (Å²) in [6, 6.07) is 18.9. The van der Waals surface area contributed by atoms with E-state index in [2.05, 4.69) is 48.6 Å². The van der Waals surface area contributed by atoms with Crippen molar-refractivity contribution >= 4 is 11.8 Å². The first kappa shape index (κ1) is 22.3. The summed E-state index contributed by atoms with van der Waals surface area (Å²) in [6.45, 7) is 1.32. The van der Waals surface area contributed by atoms with E-state index in [1.165, 1.54) is 16.7 Å². The number of likely N-dealkylation sites (tertiary alicyclic amines) is 1. The van der Waals surface area contributed by atoms with Gasteiger partial charge in [-0.15, -0.1) is 0 Å². The minimum atomic E-state index is -0.456. The van der Waals surface area contributed by atoms with Gasteiger partial charge >= 0.3 is 0 Å². The number of hydrogen-bond acceptors (Lipinski definition) is 2. The van der Waals surface area contributed by atoms with E-state index in [9.17, 15) is 9.59 Å². The molecule has 0 saturated carbocycles. The predicted octanol–water partition coefficient (Wildman–Crippen LogP) is 4.95. The Hall–Kier alpha value is -2.88. The highest BCUT2D eigenvalue weighted by Crippen LogP contribution is 2.38. The van der Waals surface area contributed by atoms with Crippen molar-refractivity contribution in [1.82, 2.24) is 9.80 Å². The summed E-state index contributed by atoms with van der Waals surface area (Å²) in [7, 11) is 3.68. The van der Waals surface area contributed by atoms with E-state index in [1.54, 1.807) is 4.90 Å². The van der Waals surface area contributed by atoms with Crippen LogP contribution in [0.25, 0.3) is 11.1 Å². The molecule has 168 valence electrons. The van der Waals surface area contributed by atoms with Crippen LogP contribution < -0.4 is 0 Å². The Morgan fingerprint density at radius 1 is 1.00 bits per heavy atom. The second-order valence-electron chi connectivity index (χ2n) is 9.57. The van der Waals surface area contributed by atoms with Gasteiger partial charge < -0.3 is 9.80 Å². The van der Waals surface area contributed by atoms with Crippen LogP contribution in [-0.2, 0) is 16.0 Å². The summed E-state index contributed by atoms with van der Waals surface area (Å²) in [5, 5.41) is 0. The Kier molecular flexibility index (Phi) is 6.78. The molecule has 1 saturated heterocycles. The highest BCUT2D eigenvalue weighted by molar-refractivity contribution is 5.84. The molecule has 4 rings (SSSR count). The lowest BCUT2D eigenvalue weighted by atomic mass is 9.72. The maximum absolute atomic E-state index is 13.3. The van der Waals surface area contributed by atoms with Gasteiger partial charge in [0.25, 0.3) is 0 Å². The summed E-state index contributed by atoms with van der Waals surface area (Å²) in [4.78, 5) is 29.9. The van der Waals surface area contributed by atoms with E-state index in [0.29, 0.717) is 44.7 Å². The molecule has 0 aromatic heterocycles. The van der Waals surface area contributed by atoms with Gasteiger partial charge in [0, 0.05) is 33.6 Å². The third-order valence-electron chi connectivity index (χ3n) is 7.06. The molecular weight excluding hydrogens is 396 g/mol. The number of carbonyl (C=O) groups is 2. The number of hydrogen-bond donors (Lipinski definition) is 0. The highest BCUT2D eigenvalue weighted by atomic mass is 16.2. The minimum absolute atomic E-state index is 0.174. The molecule has 0 spiro atoms. The van der Waals surface area contributed by atoms with Crippen LogP contribution in [-0.4, -0.2) is 48.8 Å². The SMILES string of the molecule is CN(C)C(=O)C1(Cc2cccc(-c3ccccc3)c2)CCN(C(=O)C[C@H]2C=CCC2)CC1. The molecule has 1 atom stereocenters. The number of benzene rings is 2. The molecule has 4 heteroatoms. The third-order valence-corrected chi connectivity index (χ3v) is 7.06. The molecule has 32 heavy (non-hydrogen) atoms. The lowest BCUT2D eigenvalue weighted by molar-refractivity contribution is -0.146. The largest absolute Gasteiger partial charge is 0.348 e. The molecule has 2 aromatic carbocycles. The maximum Gasteiger partial charge on any atom is 0.228 e. The van der Waals surface area contributed by atoms with Gasteiger partial charge in [-0.25, -0.2) is 0 Å². The van der Waals surface area contributed by atoms with Crippen molar-refractivity contribution < 1.29 is 9.59 Å². The zero-order valence-corrected chi connectivity index (χ0v) is 19.3. The summed E-state index contributed by atoms with van der Waals surface area (Å²) < 4.78 is 0. The van der Waals surface area contributed by atoms with Gasteiger partial charge in [0.15, 0.2) is 0 Å². The zero-order valence-electron chi connectivity index (χ0n) is 19.3.